The number of hydrogen-bond acceptors (Lipinski definition) is 4. The van der Waals surface area contributed by atoms with Crippen molar-refractivity contribution in [1.29, 1.82) is 0 Å². The first kappa shape index (κ1) is 13.4. The van der Waals surface area contributed by atoms with Crippen LogP contribution < -0.4 is 5.48 Å². The molecule has 0 fully saturated rings. The average molecular weight is 217 g/mol. The third-order valence-corrected chi connectivity index (χ3v) is 1.92. The van der Waals surface area contributed by atoms with E-state index in [9.17, 15) is 14.4 Å². The highest BCUT2D eigenvalue weighted by Crippen LogP contribution is 2.06. The first-order valence-corrected chi connectivity index (χ1v) is 4.72. The number of carboxylic acid groups (broad SMARTS) is 1. The number of nitrogens with one attached hydrogen (secondary N) is 1. The summed E-state index contributed by atoms with van der Waals surface area (Å²) in [5.74, 6) is -2.90. The van der Waals surface area contributed by atoms with E-state index in [0.717, 1.165) is 0 Å². The van der Waals surface area contributed by atoms with Crippen LogP contribution in [0.2, 0.25) is 0 Å². The molecule has 86 valence electrons. The summed E-state index contributed by atoms with van der Waals surface area (Å²) in [7, 11) is 0. The second-order valence-corrected chi connectivity index (χ2v) is 3.02. The standard InChI is InChI=1S/C9H15NO5/c1-3-6(4-2)9(14)10-15-8(13)5-7(11)12/h6H,3-5H2,1-2H3,(H,10,14)(H,11,12). The minimum atomic E-state index is -1.29. The predicted octanol–water partition coefficient (Wildman–Crippen LogP) is 0.472. The van der Waals surface area contributed by atoms with Gasteiger partial charge in [0.25, 0.3) is 5.91 Å². The van der Waals surface area contributed by atoms with Gasteiger partial charge in [-0.05, 0) is 12.8 Å². The molecule has 0 rings (SSSR count). The van der Waals surface area contributed by atoms with Crippen LogP contribution in [0.4, 0.5) is 0 Å². The fourth-order valence-electron chi connectivity index (χ4n) is 1.01. The fraction of sp³-hybridized carbons (Fsp3) is 0.667. The lowest BCUT2D eigenvalue weighted by Crippen LogP contribution is -2.32. The summed E-state index contributed by atoms with van der Waals surface area (Å²) in [4.78, 5) is 36.4. The molecule has 6 heteroatoms. The molecule has 0 saturated carbocycles. The Kier molecular flexibility index (Phi) is 6.08. The molecule has 0 atom stereocenters. The van der Waals surface area contributed by atoms with Crippen LogP contribution >= 0.6 is 0 Å². The topological polar surface area (TPSA) is 92.7 Å². The van der Waals surface area contributed by atoms with Crippen molar-refractivity contribution in [3.8, 4) is 0 Å². The average Bonchev–Trinajstić information content (AvgIpc) is 2.15. The Morgan fingerprint density at radius 3 is 2.20 bits per heavy atom. The van der Waals surface area contributed by atoms with E-state index in [4.69, 9.17) is 5.11 Å². The molecule has 0 unspecified atom stereocenters. The van der Waals surface area contributed by atoms with E-state index in [2.05, 4.69) is 4.84 Å². The van der Waals surface area contributed by atoms with Crippen LogP contribution in [0.25, 0.3) is 0 Å². The zero-order chi connectivity index (χ0) is 11.8. The maximum atomic E-state index is 11.3. The van der Waals surface area contributed by atoms with Crippen LogP contribution in [0.5, 0.6) is 0 Å². The zero-order valence-electron chi connectivity index (χ0n) is 8.78. The van der Waals surface area contributed by atoms with E-state index in [1.165, 1.54) is 0 Å². The number of carbonyl (C=O) groups is 3. The Morgan fingerprint density at radius 2 is 1.80 bits per heavy atom. The highest BCUT2D eigenvalue weighted by Gasteiger charge is 2.16. The van der Waals surface area contributed by atoms with Crippen molar-refractivity contribution in [2.45, 2.75) is 33.1 Å². The van der Waals surface area contributed by atoms with Gasteiger partial charge in [-0.1, -0.05) is 13.8 Å². The Bertz CT molecular complexity index is 247. The molecule has 0 aromatic carbocycles. The first-order chi connectivity index (χ1) is 7.01. The van der Waals surface area contributed by atoms with Gasteiger partial charge in [0.2, 0.25) is 0 Å². The Labute approximate surface area is 87.6 Å². The van der Waals surface area contributed by atoms with Crippen molar-refractivity contribution in [2.24, 2.45) is 5.92 Å². The van der Waals surface area contributed by atoms with Gasteiger partial charge in [-0.25, -0.2) is 4.79 Å². The summed E-state index contributed by atoms with van der Waals surface area (Å²) in [6, 6.07) is 0. The Balaban J connectivity index is 3.89. The monoisotopic (exact) mass is 217 g/mol. The van der Waals surface area contributed by atoms with E-state index in [1.54, 1.807) is 0 Å². The number of aliphatic carboxylic acids is 1. The smallest absolute Gasteiger partial charge is 0.343 e. The van der Waals surface area contributed by atoms with Gasteiger partial charge in [-0.3, -0.25) is 9.59 Å². The van der Waals surface area contributed by atoms with E-state index in [-0.39, 0.29) is 5.92 Å². The lowest BCUT2D eigenvalue weighted by Gasteiger charge is -2.11. The highest BCUT2D eigenvalue weighted by molar-refractivity contribution is 5.90. The Morgan fingerprint density at radius 1 is 1.27 bits per heavy atom. The van der Waals surface area contributed by atoms with E-state index in [1.807, 2.05) is 19.3 Å². The van der Waals surface area contributed by atoms with E-state index < -0.39 is 24.3 Å². The van der Waals surface area contributed by atoms with Gasteiger partial charge < -0.3 is 9.94 Å². The lowest BCUT2D eigenvalue weighted by atomic mass is 10.0. The van der Waals surface area contributed by atoms with Gasteiger partial charge in [0.15, 0.2) is 0 Å². The quantitative estimate of drug-likeness (QED) is 0.516. The molecule has 1 amide bonds. The summed E-state index contributed by atoms with van der Waals surface area (Å²) in [5.41, 5.74) is 1.94. The maximum Gasteiger partial charge on any atom is 0.343 e. The molecule has 0 spiro atoms. The van der Waals surface area contributed by atoms with Gasteiger partial charge in [0.1, 0.15) is 6.42 Å². The molecule has 0 aliphatic carbocycles. The molecule has 0 heterocycles. The number of carbonyl (C=O) groups excluding carboxylic acids is 2. The summed E-state index contributed by atoms with van der Waals surface area (Å²) in [5, 5.41) is 8.24. The number of rotatable bonds is 5. The van der Waals surface area contributed by atoms with Gasteiger partial charge in [-0.15, -0.1) is 0 Å². The third kappa shape index (κ3) is 5.66. The molecular weight excluding hydrogens is 202 g/mol. The minimum absolute atomic E-state index is 0.220. The van der Waals surface area contributed by atoms with Crippen molar-refractivity contribution in [1.82, 2.24) is 5.48 Å². The molecule has 0 aromatic rings. The normalized spacial score (nSPS) is 9.80. The third-order valence-electron chi connectivity index (χ3n) is 1.92. The minimum Gasteiger partial charge on any atom is -0.481 e. The van der Waals surface area contributed by atoms with Gasteiger partial charge >= 0.3 is 11.9 Å². The molecule has 0 aliphatic heterocycles. The molecule has 15 heavy (non-hydrogen) atoms. The van der Waals surface area contributed by atoms with Crippen molar-refractivity contribution in [2.75, 3.05) is 0 Å². The van der Waals surface area contributed by atoms with Crippen LogP contribution in [0.15, 0.2) is 0 Å². The number of hydrogen-bond donors (Lipinski definition) is 2. The summed E-state index contributed by atoms with van der Waals surface area (Å²) >= 11 is 0. The molecule has 0 radical (unpaired) electrons. The van der Waals surface area contributed by atoms with Crippen LogP contribution in [0.1, 0.15) is 33.1 Å². The van der Waals surface area contributed by atoms with E-state index >= 15 is 0 Å². The molecule has 0 bridgehead atoms. The summed E-state index contributed by atoms with van der Waals surface area (Å²) < 4.78 is 0. The summed E-state index contributed by atoms with van der Waals surface area (Å²) in [6.45, 7) is 3.68. The molecule has 2 N–H and O–H groups in total. The highest BCUT2D eigenvalue weighted by atomic mass is 16.7. The number of hydroxylamine groups is 1. The maximum absolute atomic E-state index is 11.3. The molecule has 6 nitrogen and oxygen atoms in total. The summed E-state index contributed by atoms with van der Waals surface area (Å²) in [6.07, 6.45) is 0.515. The van der Waals surface area contributed by atoms with Crippen molar-refractivity contribution in [3.63, 3.8) is 0 Å². The van der Waals surface area contributed by atoms with Crippen LogP contribution in [-0.2, 0) is 19.2 Å². The predicted molar refractivity (Wildman–Crippen MR) is 50.6 cm³/mol. The SMILES string of the molecule is CCC(CC)C(=O)NOC(=O)CC(=O)O. The lowest BCUT2D eigenvalue weighted by molar-refractivity contribution is -0.163. The van der Waals surface area contributed by atoms with Gasteiger partial charge in [0, 0.05) is 5.92 Å². The number of carboxylic acids is 1. The van der Waals surface area contributed by atoms with Crippen molar-refractivity contribution >= 4 is 17.8 Å². The van der Waals surface area contributed by atoms with Gasteiger partial charge in [-0.2, -0.15) is 5.48 Å². The second-order valence-electron chi connectivity index (χ2n) is 3.02. The Hall–Kier alpha value is -1.59. The van der Waals surface area contributed by atoms with Crippen LogP contribution in [0.3, 0.4) is 0 Å². The number of amides is 1. The van der Waals surface area contributed by atoms with Crippen LogP contribution in [0, 0.1) is 5.92 Å². The fourth-order valence-corrected chi connectivity index (χ4v) is 1.01. The zero-order valence-corrected chi connectivity index (χ0v) is 8.78. The molecular formula is C9H15NO5. The van der Waals surface area contributed by atoms with E-state index in [0.29, 0.717) is 12.8 Å². The molecule has 0 aromatic heterocycles. The largest absolute Gasteiger partial charge is 0.481 e. The molecule has 0 aliphatic rings. The van der Waals surface area contributed by atoms with Crippen molar-refractivity contribution < 1.29 is 24.3 Å². The second kappa shape index (κ2) is 6.80. The van der Waals surface area contributed by atoms with Crippen LogP contribution in [-0.4, -0.2) is 23.0 Å². The molecule has 0 saturated heterocycles. The first-order valence-electron chi connectivity index (χ1n) is 4.72. The van der Waals surface area contributed by atoms with Crippen molar-refractivity contribution in [3.05, 3.63) is 0 Å². The van der Waals surface area contributed by atoms with Gasteiger partial charge in [0.05, 0.1) is 0 Å².